The van der Waals surface area contributed by atoms with Crippen molar-refractivity contribution in [1.29, 1.82) is 0 Å². The van der Waals surface area contributed by atoms with E-state index in [4.69, 9.17) is 26.1 Å². The van der Waals surface area contributed by atoms with E-state index in [1.165, 1.54) is 6.92 Å². The Morgan fingerprint density at radius 2 is 1.98 bits per heavy atom. The topological polar surface area (TPSA) is 109 Å². The van der Waals surface area contributed by atoms with Gasteiger partial charge in [-0.2, -0.15) is 15.1 Å². The van der Waals surface area contributed by atoms with Crippen LogP contribution in [0.2, 0.25) is 5.02 Å². The lowest BCUT2D eigenvalue weighted by Crippen LogP contribution is -2.43. The van der Waals surface area contributed by atoms with Crippen LogP contribution in [0.3, 0.4) is 0 Å². The Kier molecular flexibility index (Phi) is 7.65. The van der Waals surface area contributed by atoms with Crippen molar-refractivity contribution in [3.05, 3.63) is 35.4 Å². The minimum atomic E-state index is -0.578. The van der Waals surface area contributed by atoms with Crippen molar-refractivity contribution < 1.29 is 18.7 Å². The highest BCUT2D eigenvalue weighted by Gasteiger charge is 2.45. The number of hydrogen-bond donors (Lipinski definition) is 1. The number of carbonyl (C=O) groups is 1. The van der Waals surface area contributed by atoms with E-state index in [1.54, 1.807) is 24.5 Å². The number of aromatic nitrogens is 5. The van der Waals surface area contributed by atoms with Gasteiger partial charge in [-0.15, -0.1) is 0 Å². The predicted octanol–water partition coefficient (Wildman–Crippen LogP) is 5.15. The van der Waals surface area contributed by atoms with Crippen molar-refractivity contribution in [2.45, 2.75) is 51.0 Å². The van der Waals surface area contributed by atoms with Gasteiger partial charge in [0, 0.05) is 42.7 Å². The van der Waals surface area contributed by atoms with Gasteiger partial charge in [-0.1, -0.05) is 11.6 Å². The summed E-state index contributed by atoms with van der Waals surface area (Å²) < 4.78 is 27.7. The maximum absolute atomic E-state index is 16.4. The van der Waals surface area contributed by atoms with Crippen LogP contribution in [-0.4, -0.2) is 81.5 Å². The highest BCUT2D eigenvalue weighted by atomic mass is 35.5. The van der Waals surface area contributed by atoms with Gasteiger partial charge in [0.2, 0.25) is 0 Å². The van der Waals surface area contributed by atoms with Gasteiger partial charge in [0.15, 0.2) is 5.82 Å². The fraction of sp³-hybridized carbons (Fsp3) is 0.483. The summed E-state index contributed by atoms with van der Waals surface area (Å²) in [6, 6.07) is 3.56. The molecule has 216 valence electrons. The number of nitrogens with one attached hydrogen (secondary N) is 1. The third-order valence-electron chi connectivity index (χ3n) is 8.26. The zero-order chi connectivity index (χ0) is 28.6. The first-order chi connectivity index (χ1) is 19.8. The first-order valence-corrected chi connectivity index (χ1v) is 14.4. The lowest BCUT2D eigenvalue weighted by atomic mass is 9.95. The number of H-pyrrole nitrogens is 1. The molecule has 0 aliphatic carbocycles. The van der Waals surface area contributed by atoms with Gasteiger partial charge in [-0.05, 0) is 63.7 Å². The molecule has 6 rings (SSSR count). The monoisotopic (exact) mass is 581 g/mol. The molecule has 2 fully saturated rings. The number of esters is 1. The molecule has 0 unspecified atom stereocenters. The maximum atomic E-state index is 16.4. The van der Waals surface area contributed by atoms with Crippen LogP contribution < -0.4 is 9.64 Å². The van der Waals surface area contributed by atoms with Crippen molar-refractivity contribution in [1.82, 2.24) is 30.0 Å². The van der Waals surface area contributed by atoms with E-state index in [2.05, 4.69) is 25.1 Å². The summed E-state index contributed by atoms with van der Waals surface area (Å²) in [7, 11) is 1.89. The fourth-order valence-corrected chi connectivity index (χ4v) is 6.43. The molecule has 3 aromatic heterocycles. The molecule has 10 nitrogen and oxygen atoms in total. The van der Waals surface area contributed by atoms with E-state index in [0.717, 1.165) is 45.2 Å². The molecule has 12 heteroatoms. The minimum absolute atomic E-state index is 0.00325. The van der Waals surface area contributed by atoms with Gasteiger partial charge in [0.05, 0.1) is 29.2 Å². The number of ether oxygens (including phenoxy) is 2. The molecular formula is C29H33ClFN7O3. The molecule has 2 aliphatic heterocycles. The number of halogens is 2. The van der Waals surface area contributed by atoms with Crippen LogP contribution in [0.15, 0.2) is 24.5 Å². The second kappa shape index (κ2) is 11.4. The second-order valence-corrected chi connectivity index (χ2v) is 11.4. The third-order valence-corrected chi connectivity index (χ3v) is 8.48. The Labute approximate surface area is 242 Å². The number of rotatable bonds is 10. The molecule has 1 N–H and O–H groups in total. The molecule has 0 radical (unpaired) electrons. The van der Waals surface area contributed by atoms with E-state index in [9.17, 15) is 4.79 Å². The number of benzene rings is 1. The van der Waals surface area contributed by atoms with Crippen molar-refractivity contribution in [3.8, 4) is 17.3 Å². The molecule has 0 atom stereocenters. The molecule has 0 saturated carbocycles. The van der Waals surface area contributed by atoms with Crippen LogP contribution in [0.4, 0.5) is 10.2 Å². The van der Waals surface area contributed by atoms with Crippen LogP contribution in [0.25, 0.3) is 33.1 Å². The second-order valence-electron chi connectivity index (χ2n) is 11.0. The lowest BCUT2D eigenvalue weighted by molar-refractivity contribution is -0.141. The first-order valence-electron chi connectivity index (χ1n) is 14.1. The summed E-state index contributed by atoms with van der Waals surface area (Å²) in [6.45, 7) is 4.98. The average molecular weight is 582 g/mol. The first kappa shape index (κ1) is 27.6. The minimum Gasteiger partial charge on any atom is -0.466 e. The molecule has 4 aromatic rings. The fourth-order valence-electron chi connectivity index (χ4n) is 6.21. The number of nitrogens with zero attached hydrogens (tertiary/aromatic N) is 6. The molecule has 0 spiro atoms. The molecule has 0 amide bonds. The Balaban J connectivity index is 1.37. The number of pyridine rings is 1. The highest BCUT2D eigenvalue weighted by Crippen LogP contribution is 2.40. The molecule has 1 aromatic carbocycles. The summed E-state index contributed by atoms with van der Waals surface area (Å²) >= 11 is 6.35. The van der Waals surface area contributed by atoms with Gasteiger partial charge < -0.3 is 14.4 Å². The van der Waals surface area contributed by atoms with Gasteiger partial charge in [-0.3, -0.25) is 19.8 Å². The lowest BCUT2D eigenvalue weighted by Gasteiger charge is -2.31. The zero-order valence-corrected chi connectivity index (χ0v) is 24.0. The summed E-state index contributed by atoms with van der Waals surface area (Å²) in [4.78, 5) is 29.4. The number of hydrogen-bond acceptors (Lipinski definition) is 9. The van der Waals surface area contributed by atoms with Gasteiger partial charge in [0.25, 0.3) is 0 Å². The number of fused-ring (bicyclic) bond motifs is 3. The van der Waals surface area contributed by atoms with E-state index in [-0.39, 0.29) is 28.7 Å². The van der Waals surface area contributed by atoms with Crippen molar-refractivity contribution in [3.63, 3.8) is 0 Å². The summed E-state index contributed by atoms with van der Waals surface area (Å²) in [5.41, 5.74) is 1.46. The maximum Gasteiger partial charge on any atom is 0.319 e. The predicted molar refractivity (Wildman–Crippen MR) is 155 cm³/mol. The van der Waals surface area contributed by atoms with Crippen LogP contribution in [0.5, 0.6) is 6.01 Å². The molecule has 2 aliphatic rings. The van der Waals surface area contributed by atoms with Gasteiger partial charge in [0.1, 0.15) is 23.6 Å². The van der Waals surface area contributed by atoms with Crippen LogP contribution >= 0.6 is 11.6 Å². The van der Waals surface area contributed by atoms with E-state index in [0.29, 0.717) is 58.9 Å². The Bertz CT molecular complexity index is 1590. The van der Waals surface area contributed by atoms with Gasteiger partial charge >= 0.3 is 12.0 Å². The third kappa shape index (κ3) is 5.40. The smallest absolute Gasteiger partial charge is 0.319 e. The molecular weight excluding hydrogens is 549 g/mol. The Morgan fingerprint density at radius 3 is 2.76 bits per heavy atom. The van der Waals surface area contributed by atoms with Crippen molar-refractivity contribution in [2.75, 3.05) is 44.8 Å². The quantitative estimate of drug-likeness (QED) is 0.201. The standard InChI is InChI=1S/C29H33ClFN7O3/c1-18(39)40-12-4-3-9-37(2)27-22-15-32-25(20-13-19(30)14-23-21(20)16-33-36-23)24(31)26(22)34-28(35-27)41-17-29-7-5-10-38(29)11-6-8-29/h13-16H,3-12,17H2,1-2H3,(H,33,36). The molecule has 0 bridgehead atoms. The number of aromatic amines is 1. The van der Waals surface area contributed by atoms with Crippen LogP contribution in [-0.2, 0) is 9.53 Å². The highest BCUT2D eigenvalue weighted by molar-refractivity contribution is 6.31. The number of unbranched alkanes of at least 4 members (excludes halogenated alkanes) is 1. The van der Waals surface area contributed by atoms with Crippen molar-refractivity contribution in [2.24, 2.45) is 0 Å². The summed E-state index contributed by atoms with van der Waals surface area (Å²) in [6.07, 6.45) is 9.12. The van der Waals surface area contributed by atoms with Gasteiger partial charge in [-0.25, -0.2) is 4.39 Å². The molecule has 5 heterocycles. The van der Waals surface area contributed by atoms with E-state index < -0.39 is 5.82 Å². The van der Waals surface area contributed by atoms with Crippen molar-refractivity contribution >= 4 is 45.2 Å². The van der Waals surface area contributed by atoms with Crippen LogP contribution in [0.1, 0.15) is 45.4 Å². The molecule has 2 saturated heterocycles. The Hall–Kier alpha value is -3.57. The summed E-state index contributed by atoms with van der Waals surface area (Å²) in [5.74, 6) is -0.345. The normalized spacial score (nSPS) is 16.4. The summed E-state index contributed by atoms with van der Waals surface area (Å²) in [5, 5.41) is 8.61. The average Bonchev–Trinajstić information content (AvgIpc) is 3.67. The Morgan fingerprint density at radius 1 is 1.17 bits per heavy atom. The number of anilines is 1. The zero-order valence-electron chi connectivity index (χ0n) is 23.3. The van der Waals surface area contributed by atoms with E-state index >= 15 is 4.39 Å². The van der Waals surface area contributed by atoms with E-state index in [1.807, 2.05) is 11.9 Å². The SMILES string of the molecule is CC(=O)OCCCCN(C)c1nc(OCC23CCCN2CCC3)nc2c(F)c(-c3cc(Cl)cc4[nH]ncc34)ncc12. The number of carbonyl (C=O) groups excluding carboxylic acids is 1. The molecule has 41 heavy (non-hydrogen) atoms. The van der Waals surface area contributed by atoms with Crippen LogP contribution in [0, 0.1) is 5.82 Å². The largest absolute Gasteiger partial charge is 0.466 e.